The van der Waals surface area contributed by atoms with Crippen molar-refractivity contribution in [3.8, 4) is 0 Å². The van der Waals surface area contributed by atoms with Crippen molar-refractivity contribution in [2.45, 2.75) is 38.1 Å². The second-order valence-electron chi connectivity index (χ2n) is 5.77. The molecule has 2 amide bonds. The van der Waals surface area contributed by atoms with Gasteiger partial charge in [-0.15, -0.1) is 0 Å². The molecule has 108 valence electrons. The predicted molar refractivity (Wildman–Crippen MR) is 78.7 cm³/mol. The van der Waals surface area contributed by atoms with Crippen molar-refractivity contribution in [2.75, 3.05) is 6.54 Å². The maximum atomic E-state index is 12.0. The summed E-state index contributed by atoms with van der Waals surface area (Å²) < 4.78 is 0. The van der Waals surface area contributed by atoms with Crippen LogP contribution in [0.25, 0.3) is 0 Å². The number of amides is 2. The smallest absolute Gasteiger partial charge is 0.242 e. The van der Waals surface area contributed by atoms with Gasteiger partial charge in [-0.05, 0) is 24.1 Å². The normalized spacial score (nSPS) is 18.8. The van der Waals surface area contributed by atoms with Crippen LogP contribution in [0.3, 0.4) is 0 Å². The molecule has 0 saturated carbocycles. The quantitative estimate of drug-likeness (QED) is 0.892. The fourth-order valence-electron chi connectivity index (χ4n) is 2.25. The van der Waals surface area contributed by atoms with Crippen molar-refractivity contribution < 1.29 is 9.59 Å². The third kappa shape index (κ3) is 3.51. The SMILES string of the molecule is CC(C)(CNC(=O)C1CCC(=O)N1)c1ccc(Cl)cc1. The molecule has 4 nitrogen and oxygen atoms in total. The predicted octanol–water partition coefficient (Wildman–Crippen LogP) is 2.01. The molecular weight excluding hydrogens is 276 g/mol. The molecule has 1 unspecified atom stereocenters. The van der Waals surface area contributed by atoms with E-state index in [2.05, 4.69) is 24.5 Å². The number of rotatable bonds is 4. The van der Waals surface area contributed by atoms with Crippen LogP contribution < -0.4 is 10.6 Å². The van der Waals surface area contributed by atoms with E-state index in [1.54, 1.807) is 0 Å². The lowest BCUT2D eigenvalue weighted by Gasteiger charge is -2.26. The number of nitrogens with one attached hydrogen (secondary N) is 2. The minimum Gasteiger partial charge on any atom is -0.353 e. The van der Waals surface area contributed by atoms with Gasteiger partial charge in [0.05, 0.1) is 0 Å². The largest absolute Gasteiger partial charge is 0.353 e. The number of halogens is 1. The van der Waals surface area contributed by atoms with E-state index in [0.29, 0.717) is 24.4 Å². The Kier molecular flexibility index (Phi) is 4.33. The molecule has 2 N–H and O–H groups in total. The Morgan fingerprint density at radius 1 is 1.40 bits per heavy atom. The number of hydrogen-bond donors (Lipinski definition) is 2. The Bertz CT molecular complexity index is 511. The Morgan fingerprint density at radius 2 is 2.05 bits per heavy atom. The van der Waals surface area contributed by atoms with Gasteiger partial charge in [-0.25, -0.2) is 0 Å². The summed E-state index contributed by atoms with van der Waals surface area (Å²) in [5.41, 5.74) is 0.917. The van der Waals surface area contributed by atoms with Gasteiger partial charge in [0.15, 0.2) is 0 Å². The van der Waals surface area contributed by atoms with Crippen LogP contribution in [0.5, 0.6) is 0 Å². The Hall–Kier alpha value is -1.55. The zero-order valence-corrected chi connectivity index (χ0v) is 12.5. The van der Waals surface area contributed by atoms with E-state index in [1.165, 1.54) is 0 Å². The molecule has 0 aromatic heterocycles. The highest BCUT2D eigenvalue weighted by Crippen LogP contribution is 2.24. The molecule has 1 aliphatic heterocycles. The molecule has 0 radical (unpaired) electrons. The first-order valence-electron chi connectivity index (χ1n) is 6.71. The van der Waals surface area contributed by atoms with Crippen molar-refractivity contribution in [2.24, 2.45) is 0 Å². The minimum absolute atomic E-state index is 0.0536. The third-order valence-electron chi connectivity index (χ3n) is 3.64. The molecule has 1 heterocycles. The van der Waals surface area contributed by atoms with Crippen LogP contribution in [0.2, 0.25) is 5.02 Å². The van der Waals surface area contributed by atoms with Crippen LogP contribution in [0, 0.1) is 0 Å². The second-order valence-corrected chi connectivity index (χ2v) is 6.20. The molecule has 1 aromatic carbocycles. The van der Waals surface area contributed by atoms with Crippen molar-refractivity contribution >= 4 is 23.4 Å². The van der Waals surface area contributed by atoms with Crippen LogP contribution in [0.1, 0.15) is 32.3 Å². The van der Waals surface area contributed by atoms with Gasteiger partial charge < -0.3 is 10.6 Å². The standard InChI is InChI=1S/C15H19ClN2O2/c1-15(2,10-3-5-11(16)6-4-10)9-17-14(20)12-7-8-13(19)18-12/h3-6,12H,7-9H2,1-2H3,(H,17,20)(H,18,19). The summed E-state index contributed by atoms with van der Waals surface area (Å²) in [4.78, 5) is 23.1. The van der Waals surface area contributed by atoms with E-state index in [4.69, 9.17) is 11.6 Å². The minimum atomic E-state index is -0.386. The summed E-state index contributed by atoms with van der Waals surface area (Å²) in [6.45, 7) is 4.63. The van der Waals surface area contributed by atoms with Crippen LogP contribution in [0.4, 0.5) is 0 Å². The molecule has 1 fully saturated rings. The molecule has 1 aromatic rings. The van der Waals surface area contributed by atoms with E-state index in [0.717, 1.165) is 5.56 Å². The summed E-state index contributed by atoms with van der Waals surface area (Å²) in [5, 5.41) is 6.28. The van der Waals surface area contributed by atoms with E-state index in [-0.39, 0.29) is 23.3 Å². The Labute approximate surface area is 123 Å². The van der Waals surface area contributed by atoms with Gasteiger partial charge in [0.1, 0.15) is 6.04 Å². The van der Waals surface area contributed by atoms with Crippen LogP contribution in [-0.4, -0.2) is 24.4 Å². The highest BCUT2D eigenvalue weighted by Gasteiger charge is 2.29. The first-order valence-corrected chi connectivity index (χ1v) is 7.09. The van der Waals surface area contributed by atoms with Gasteiger partial charge in [-0.3, -0.25) is 9.59 Å². The molecule has 2 rings (SSSR count). The van der Waals surface area contributed by atoms with Crippen molar-refractivity contribution in [3.05, 3.63) is 34.9 Å². The molecule has 0 aliphatic carbocycles. The zero-order chi connectivity index (χ0) is 14.8. The lowest BCUT2D eigenvalue weighted by molar-refractivity contribution is -0.125. The summed E-state index contributed by atoms with van der Waals surface area (Å²) in [5.74, 6) is -0.167. The molecule has 20 heavy (non-hydrogen) atoms. The van der Waals surface area contributed by atoms with Crippen molar-refractivity contribution in [1.29, 1.82) is 0 Å². The lowest BCUT2D eigenvalue weighted by atomic mass is 9.84. The van der Waals surface area contributed by atoms with E-state index in [9.17, 15) is 9.59 Å². The molecule has 1 atom stereocenters. The summed E-state index contributed by atoms with van der Waals surface area (Å²) >= 11 is 5.88. The zero-order valence-electron chi connectivity index (χ0n) is 11.7. The van der Waals surface area contributed by atoms with Gasteiger partial charge >= 0.3 is 0 Å². The number of hydrogen-bond acceptors (Lipinski definition) is 2. The average molecular weight is 295 g/mol. The maximum Gasteiger partial charge on any atom is 0.242 e. The summed E-state index contributed by atoms with van der Waals surface area (Å²) in [6.07, 6.45) is 1.00. The number of carbonyl (C=O) groups excluding carboxylic acids is 2. The number of carbonyl (C=O) groups is 2. The highest BCUT2D eigenvalue weighted by molar-refractivity contribution is 6.30. The maximum absolute atomic E-state index is 12.0. The molecule has 5 heteroatoms. The number of benzene rings is 1. The second kappa shape index (κ2) is 5.83. The average Bonchev–Trinajstić information content (AvgIpc) is 2.83. The lowest BCUT2D eigenvalue weighted by Crippen LogP contribution is -2.45. The van der Waals surface area contributed by atoms with Crippen molar-refractivity contribution in [1.82, 2.24) is 10.6 Å². The topological polar surface area (TPSA) is 58.2 Å². The third-order valence-corrected chi connectivity index (χ3v) is 3.89. The first kappa shape index (κ1) is 14.9. The van der Waals surface area contributed by atoms with Crippen LogP contribution in [0.15, 0.2) is 24.3 Å². The van der Waals surface area contributed by atoms with Gasteiger partial charge in [-0.1, -0.05) is 37.6 Å². The Morgan fingerprint density at radius 3 is 2.60 bits per heavy atom. The molecular formula is C15H19ClN2O2. The fraction of sp³-hybridized carbons (Fsp3) is 0.467. The van der Waals surface area contributed by atoms with Gasteiger partial charge in [-0.2, -0.15) is 0 Å². The van der Waals surface area contributed by atoms with Crippen LogP contribution in [-0.2, 0) is 15.0 Å². The van der Waals surface area contributed by atoms with Gasteiger partial charge in [0.2, 0.25) is 11.8 Å². The van der Waals surface area contributed by atoms with Crippen LogP contribution >= 0.6 is 11.6 Å². The van der Waals surface area contributed by atoms with Crippen molar-refractivity contribution in [3.63, 3.8) is 0 Å². The monoisotopic (exact) mass is 294 g/mol. The van der Waals surface area contributed by atoms with E-state index >= 15 is 0 Å². The first-order chi connectivity index (χ1) is 9.38. The summed E-state index contributed by atoms with van der Waals surface area (Å²) in [6, 6.07) is 7.23. The Balaban J connectivity index is 1.93. The highest BCUT2D eigenvalue weighted by atomic mass is 35.5. The molecule has 1 saturated heterocycles. The molecule has 0 spiro atoms. The van der Waals surface area contributed by atoms with E-state index in [1.807, 2.05) is 24.3 Å². The van der Waals surface area contributed by atoms with Gasteiger partial charge in [0.25, 0.3) is 0 Å². The molecule has 0 bridgehead atoms. The van der Waals surface area contributed by atoms with Gasteiger partial charge in [0, 0.05) is 23.4 Å². The van der Waals surface area contributed by atoms with E-state index < -0.39 is 0 Å². The molecule has 1 aliphatic rings. The summed E-state index contributed by atoms with van der Waals surface area (Å²) in [7, 11) is 0. The fourth-order valence-corrected chi connectivity index (χ4v) is 2.37.